The van der Waals surface area contributed by atoms with Gasteiger partial charge in [-0.3, -0.25) is 9.59 Å². The average molecular weight is 404 g/mol. The van der Waals surface area contributed by atoms with E-state index >= 15 is 0 Å². The number of carboxylic acid groups (broad SMARTS) is 1. The van der Waals surface area contributed by atoms with Crippen LogP contribution in [0.15, 0.2) is 66.2 Å². The van der Waals surface area contributed by atoms with E-state index in [4.69, 9.17) is 0 Å². The van der Waals surface area contributed by atoms with Gasteiger partial charge in [-0.2, -0.15) is 0 Å². The van der Waals surface area contributed by atoms with Crippen LogP contribution in [0.5, 0.6) is 0 Å². The predicted molar refractivity (Wildman–Crippen MR) is 116 cm³/mol. The summed E-state index contributed by atoms with van der Waals surface area (Å²) in [5.41, 5.74) is 4.42. The molecule has 2 aromatic carbocycles. The summed E-state index contributed by atoms with van der Waals surface area (Å²) in [5, 5.41) is 15.1. The molecule has 2 N–H and O–H groups in total. The molecule has 1 amide bonds. The van der Waals surface area contributed by atoms with E-state index in [2.05, 4.69) is 5.32 Å². The fourth-order valence-corrected chi connectivity index (χ4v) is 4.24. The predicted octanol–water partition coefficient (Wildman–Crippen LogP) is 4.81. The van der Waals surface area contributed by atoms with Crippen LogP contribution in [0.25, 0.3) is 16.6 Å². The number of carbonyl (C=O) groups is 2. The Morgan fingerprint density at radius 2 is 1.90 bits per heavy atom. The Morgan fingerprint density at radius 1 is 1.07 bits per heavy atom. The molecule has 0 atom stereocenters. The van der Waals surface area contributed by atoms with Gasteiger partial charge >= 0.3 is 5.97 Å². The van der Waals surface area contributed by atoms with Crippen molar-refractivity contribution in [2.75, 3.05) is 5.32 Å². The van der Waals surface area contributed by atoms with Crippen molar-refractivity contribution in [2.45, 2.75) is 19.8 Å². The van der Waals surface area contributed by atoms with Crippen molar-refractivity contribution < 1.29 is 14.7 Å². The van der Waals surface area contributed by atoms with Crippen molar-refractivity contribution in [3.8, 4) is 5.69 Å². The number of hydrogen-bond donors (Lipinski definition) is 2. The van der Waals surface area contributed by atoms with E-state index in [-0.39, 0.29) is 12.3 Å². The van der Waals surface area contributed by atoms with Crippen molar-refractivity contribution in [3.05, 3.63) is 82.2 Å². The maximum Gasteiger partial charge on any atom is 0.307 e. The fraction of sp³-hybridized carbons (Fsp3) is 0.130. The molecule has 29 heavy (non-hydrogen) atoms. The van der Waals surface area contributed by atoms with Gasteiger partial charge in [0.25, 0.3) is 0 Å². The van der Waals surface area contributed by atoms with Gasteiger partial charge in [0, 0.05) is 27.8 Å². The number of fused-ring (bicyclic) bond motifs is 1. The zero-order chi connectivity index (χ0) is 20.4. The van der Waals surface area contributed by atoms with Crippen LogP contribution < -0.4 is 5.32 Å². The van der Waals surface area contributed by atoms with Crippen LogP contribution in [0.1, 0.15) is 16.0 Å². The average Bonchev–Trinajstić information content (AvgIpc) is 3.30. The van der Waals surface area contributed by atoms with Crippen molar-refractivity contribution in [1.29, 1.82) is 0 Å². The smallest absolute Gasteiger partial charge is 0.307 e. The number of aromatic nitrogens is 1. The number of amides is 1. The number of benzene rings is 2. The van der Waals surface area contributed by atoms with Gasteiger partial charge in [-0.1, -0.05) is 24.3 Å². The first-order valence-electron chi connectivity index (χ1n) is 9.25. The van der Waals surface area contributed by atoms with E-state index in [9.17, 15) is 14.7 Å². The number of rotatable bonds is 6. The number of nitrogens with zero attached hydrogens (tertiary/aromatic N) is 1. The third-order valence-corrected chi connectivity index (χ3v) is 5.67. The first-order chi connectivity index (χ1) is 14.0. The van der Waals surface area contributed by atoms with Gasteiger partial charge in [0.05, 0.1) is 18.4 Å². The first-order valence-corrected chi connectivity index (χ1v) is 10.1. The maximum atomic E-state index is 12.3. The normalized spacial score (nSPS) is 10.9. The number of carboxylic acids is 1. The van der Waals surface area contributed by atoms with Crippen LogP contribution in [0.4, 0.5) is 5.69 Å². The number of aliphatic carboxylic acids is 1. The lowest BCUT2D eigenvalue weighted by Gasteiger charge is -2.12. The molecule has 2 aromatic heterocycles. The maximum absolute atomic E-state index is 12.3. The number of hydrogen-bond acceptors (Lipinski definition) is 3. The molecular formula is C23H20N2O3S. The number of thiophene rings is 1. The van der Waals surface area contributed by atoms with Crippen LogP contribution in [0.2, 0.25) is 0 Å². The van der Waals surface area contributed by atoms with Crippen LogP contribution >= 0.6 is 11.3 Å². The summed E-state index contributed by atoms with van der Waals surface area (Å²) in [5.74, 6) is -0.900. The minimum atomic E-state index is -0.853. The molecule has 0 aliphatic rings. The molecular weight excluding hydrogens is 384 g/mol. The standard InChI is InChI=1S/C23H20N2O3S/c1-15-11-17(24-22(26)13-18-5-4-10-29-18)8-9-20(15)25-14-16(12-23(27)28)19-6-2-3-7-21(19)25/h2-11,14H,12-13H2,1H3,(H,24,26)(H,27,28). The topological polar surface area (TPSA) is 71.3 Å². The summed E-state index contributed by atoms with van der Waals surface area (Å²) in [7, 11) is 0. The van der Waals surface area contributed by atoms with Crippen LogP contribution in [-0.4, -0.2) is 21.6 Å². The summed E-state index contributed by atoms with van der Waals surface area (Å²) in [6.07, 6.45) is 2.22. The monoisotopic (exact) mass is 404 g/mol. The second kappa shape index (κ2) is 7.93. The van der Waals surface area contributed by atoms with Gasteiger partial charge in [0.1, 0.15) is 0 Å². The molecule has 146 valence electrons. The molecule has 0 saturated heterocycles. The molecule has 0 bridgehead atoms. The Morgan fingerprint density at radius 3 is 2.62 bits per heavy atom. The molecule has 0 aliphatic heterocycles. The lowest BCUT2D eigenvalue weighted by atomic mass is 10.1. The Kier molecular flexibility index (Phi) is 5.18. The van der Waals surface area contributed by atoms with Gasteiger partial charge in [-0.25, -0.2) is 0 Å². The molecule has 4 rings (SSSR count). The Balaban J connectivity index is 1.63. The SMILES string of the molecule is Cc1cc(NC(=O)Cc2cccs2)ccc1-n1cc(CC(=O)O)c2ccccc21. The summed E-state index contributed by atoms with van der Waals surface area (Å²) < 4.78 is 2.01. The number of nitrogens with one attached hydrogen (secondary N) is 1. The third-order valence-electron chi connectivity index (χ3n) is 4.79. The third kappa shape index (κ3) is 4.07. The number of para-hydroxylation sites is 1. The molecule has 4 aromatic rings. The molecule has 0 fully saturated rings. The highest BCUT2D eigenvalue weighted by Gasteiger charge is 2.14. The van der Waals surface area contributed by atoms with E-state index in [0.717, 1.165) is 38.3 Å². The number of anilines is 1. The Labute approximate surface area is 172 Å². The summed E-state index contributed by atoms with van der Waals surface area (Å²) in [4.78, 5) is 24.5. The van der Waals surface area contributed by atoms with Crippen molar-refractivity contribution in [2.24, 2.45) is 0 Å². The van der Waals surface area contributed by atoms with E-state index in [0.29, 0.717) is 6.42 Å². The lowest BCUT2D eigenvalue weighted by molar-refractivity contribution is -0.136. The molecule has 6 heteroatoms. The molecule has 0 saturated carbocycles. The second-order valence-electron chi connectivity index (χ2n) is 6.92. The first kappa shape index (κ1) is 19.0. The minimum absolute atomic E-state index is 0.0244. The van der Waals surface area contributed by atoms with Gasteiger partial charge < -0.3 is 15.0 Å². The van der Waals surface area contributed by atoms with E-state index in [1.165, 1.54) is 0 Å². The van der Waals surface area contributed by atoms with Crippen molar-refractivity contribution >= 4 is 39.8 Å². The van der Waals surface area contributed by atoms with Crippen molar-refractivity contribution in [1.82, 2.24) is 4.57 Å². The number of aryl methyl sites for hydroxylation is 1. The molecule has 0 aliphatic carbocycles. The van der Waals surface area contributed by atoms with Gasteiger partial charge in [0.15, 0.2) is 0 Å². The van der Waals surface area contributed by atoms with Gasteiger partial charge in [0.2, 0.25) is 5.91 Å². The molecule has 0 radical (unpaired) electrons. The van der Waals surface area contributed by atoms with Gasteiger partial charge in [-0.15, -0.1) is 11.3 Å². The minimum Gasteiger partial charge on any atom is -0.481 e. The fourth-order valence-electron chi connectivity index (χ4n) is 3.53. The Bertz CT molecular complexity index is 1190. The highest BCUT2D eigenvalue weighted by atomic mass is 32.1. The van der Waals surface area contributed by atoms with E-state index in [1.54, 1.807) is 11.3 Å². The molecule has 0 unspecified atom stereocenters. The summed E-state index contributed by atoms with van der Waals surface area (Å²) in [6.45, 7) is 1.98. The molecule has 0 spiro atoms. The number of carbonyl (C=O) groups excluding carboxylic acids is 1. The van der Waals surface area contributed by atoms with Crippen LogP contribution in [0.3, 0.4) is 0 Å². The van der Waals surface area contributed by atoms with Crippen molar-refractivity contribution in [3.63, 3.8) is 0 Å². The molecule has 5 nitrogen and oxygen atoms in total. The zero-order valence-corrected chi connectivity index (χ0v) is 16.7. The summed E-state index contributed by atoms with van der Waals surface area (Å²) >= 11 is 1.57. The summed E-state index contributed by atoms with van der Waals surface area (Å²) in [6, 6.07) is 17.4. The Hall–Kier alpha value is -3.38. The van der Waals surface area contributed by atoms with Gasteiger partial charge in [-0.05, 0) is 53.8 Å². The lowest BCUT2D eigenvalue weighted by Crippen LogP contribution is -2.14. The highest BCUT2D eigenvalue weighted by Crippen LogP contribution is 2.28. The van der Waals surface area contributed by atoms with Crippen LogP contribution in [-0.2, 0) is 22.4 Å². The van der Waals surface area contributed by atoms with Crippen LogP contribution in [0, 0.1) is 6.92 Å². The van der Waals surface area contributed by atoms with E-state index in [1.807, 2.05) is 77.7 Å². The largest absolute Gasteiger partial charge is 0.481 e. The quantitative estimate of drug-likeness (QED) is 0.484. The van der Waals surface area contributed by atoms with E-state index < -0.39 is 5.97 Å². The molecule has 2 heterocycles. The second-order valence-corrected chi connectivity index (χ2v) is 7.95. The highest BCUT2D eigenvalue weighted by molar-refractivity contribution is 7.10. The zero-order valence-electron chi connectivity index (χ0n) is 15.9.